The van der Waals surface area contributed by atoms with Crippen molar-refractivity contribution in [2.24, 2.45) is 5.10 Å². The number of fused-ring (bicyclic) bond motifs is 2. The molecule has 1 saturated carbocycles. The molecule has 0 spiro atoms. The van der Waals surface area contributed by atoms with Gasteiger partial charge in [0.1, 0.15) is 11.5 Å². The van der Waals surface area contributed by atoms with Crippen molar-refractivity contribution in [2.45, 2.75) is 57.9 Å². The van der Waals surface area contributed by atoms with Crippen LogP contribution in [-0.2, 0) is 6.42 Å². The Morgan fingerprint density at radius 1 is 1.03 bits per heavy atom. The van der Waals surface area contributed by atoms with Gasteiger partial charge >= 0.3 is 0 Å². The highest BCUT2D eigenvalue weighted by molar-refractivity contribution is 6.07. The molecule has 3 aromatic rings. The lowest BCUT2D eigenvalue weighted by Crippen LogP contribution is -2.32. The standard InChI is InChI=1S/C25H26N4O3/c1-15-22-19(28-29-24(30)20-14-13-16-7-2-5-10-18(16)27-20)11-6-12-21(22)32-23(15)25(31)26-17-8-3-4-9-17/h2,5,7,10,13-14,17H,3-4,6,8-9,11-12H2,1H3,(H,26,31)(H,29,30)/b28-19+. The lowest BCUT2D eigenvalue weighted by Gasteiger charge is -2.13. The summed E-state index contributed by atoms with van der Waals surface area (Å²) in [6, 6.07) is 11.5. The molecule has 2 aromatic heterocycles. The minimum atomic E-state index is -0.365. The molecule has 164 valence electrons. The zero-order valence-electron chi connectivity index (χ0n) is 18.1. The van der Waals surface area contributed by atoms with Gasteiger partial charge in [-0.3, -0.25) is 9.59 Å². The van der Waals surface area contributed by atoms with Crippen LogP contribution in [0.3, 0.4) is 0 Å². The van der Waals surface area contributed by atoms with E-state index in [0.717, 1.165) is 72.0 Å². The maximum atomic E-state index is 12.8. The van der Waals surface area contributed by atoms with E-state index in [0.29, 0.717) is 17.9 Å². The molecule has 0 atom stereocenters. The Hall–Kier alpha value is -3.48. The van der Waals surface area contributed by atoms with Crippen molar-refractivity contribution in [1.82, 2.24) is 15.7 Å². The Labute approximate surface area is 186 Å². The molecule has 32 heavy (non-hydrogen) atoms. The van der Waals surface area contributed by atoms with Gasteiger partial charge in [-0.2, -0.15) is 5.10 Å². The van der Waals surface area contributed by atoms with Gasteiger partial charge in [0.05, 0.1) is 11.2 Å². The summed E-state index contributed by atoms with van der Waals surface area (Å²) >= 11 is 0. The van der Waals surface area contributed by atoms with E-state index in [9.17, 15) is 9.59 Å². The van der Waals surface area contributed by atoms with Crippen LogP contribution in [0.5, 0.6) is 0 Å². The van der Waals surface area contributed by atoms with Crippen molar-refractivity contribution in [1.29, 1.82) is 0 Å². The van der Waals surface area contributed by atoms with Gasteiger partial charge in [0.25, 0.3) is 11.8 Å². The van der Waals surface area contributed by atoms with Crippen LogP contribution in [0.2, 0.25) is 0 Å². The largest absolute Gasteiger partial charge is 0.455 e. The topological polar surface area (TPSA) is 96.6 Å². The molecule has 1 fully saturated rings. The summed E-state index contributed by atoms with van der Waals surface area (Å²) in [5.74, 6) is 0.601. The van der Waals surface area contributed by atoms with E-state index in [1.807, 2.05) is 37.3 Å². The number of aryl methyl sites for hydroxylation is 1. The molecule has 1 aromatic carbocycles. The Kier molecular flexibility index (Phi) is 5.47. The Balaban J connectivity index is 1.36. The SMILES string of the molecule is Cc1c(C(=O)NC2CCCC2)oc2c1/C(=N/NC(=O)c1ccc3ccccc3n1)CCC2. The number of benzene rings is 1. The maximum Gasteiger partial charge on any atom is 0.289 e. The summed E-state index contributed by atoms with van der Waals surface area (Å²) in [6.07, 6.45) is 6.67. The minimum Gasteiger partial charge on any atom is -0.455 e. The lowest BCUT2D eigenvalue weighted by atomic mass is 9.93. The number of furan rings is 1. The summed E-state index contributed by atoms with van der Waals surface area (Å²) in [5.41, 5.74) is 6.08. The average Bonchev–Trinajstić information content (AvgIpc) is 3.45. The molecule has 0 aliphatic heterocycles. The fraction of sp³-hybridized carbons (Fsp3) is 0.360. The van der Waals surface area contributed by atoms with Crippen molar-refractivity contribution in [2.75, 3.05) is 0 Å². The number of carbonyl (C=O) groups is 2. The Morgan fingerprint density at radius 2 is 1.84 bits per heavy atom. The molecule has 0 bridgehead atoms. The van der Waals surface area contributed by atoms with Crippen LogP contribution in [0, 0.1) is 6.92 Å². The van der Waals surface area contributed by atoms with Crippen LogP contribution >= 0.6 is 0 Å². The molecular weight excluding hydrogens is 404 g/mol. The van der Waals surface area contributed by atoms with Crippen molar-refractivity contribution < 1.29 is 14.0 Å². The fourth-order valence-electron chi connectivity index (χ4n) is 4.69. The number of nitrogens with zero attached hydrogens (tertiary/aromatic N) is 2. The van der Waals surface area contributed by atoms with E-state index in [2.05, 4.69) is 20.8 Å². The Morgan fingerprint density at radius 3 is 2.69 bits per heavy atom. The molecule has 7 heteroatoms. The average molecular weight is 431 g/mol. The van der Waals surface area contributed by atoms with E-state index >= 15 is 0 Å². The quantitative estimate of drug-likeness (QED) is 0.604. The number of aromatic nitrogens is 1. The van der Waals surface area contributed by atoms with Crippen LogP contribution in [0.15, 0.2) is 45.9 Å². The summed E-state index contributed by atoms with van der Waals surface area (Å²) < 4.78 is 5.96. The van der Waals surface area contributed by atoms with E-state index in [1.54, 1.807) is 6.07 Å². The summed E-state index contributed by atoms with van der Waals surface area (Å²) in [7, 11) is 0. The smallest absolute Gasteiger partial charge is 0.289 e. The molecule has 7 nitrogen and oxygen atoms in total. The van der Waals surface area contributed by atoms with Crippen molar-refractivity contribution >= 4 is 28.4 Å². The number of hydrazone groups is 1. The first-order chi connectivity index (χ1) is 15.6. The molecule has 2 heterocycles. The highest BCUT2D eigenvalue weighted by Crippen LogP contribution is 2.30. The van der Waals surface area contributed by atoms with Gasteiger partial charge in [0.15, 0.2) is 5.76 Å². The second-order valence-electron chi connectivity index (χ2n) is 8.55. The van der Waals surface area contributed by atoms with Crippen LogP contribution in [0.1, 0.15) is 76.5 Å². The second kappa shape index (κ2) is 8.57. The number of para-hydroxylation sites is 1. The maximum absolute atomic E-state index is 12.8. The second-order valence-corrected chi connectivity index (χ2v) is 8.55. The third-order valence-electron chi connectivity index (χ3n) is 6.35. The van der Waals surface area contributed by atoms with E-state index in [-0.39, 0.29) is 17.9 Å². The van der Waals surface area contributed by atoms with Gasteiger partial charge in [0.2, 0.25) is 0 Å². The molecule has 0 unspecified atom stereocenters. The number of carbonyl (C=O) groups excluding carboxylic acids is 2. The number of rotatable bonds is 4. The zero-order chi connectivity index (χ0) is 22.1. The van der Waals surface area contributed by atoms with E-state index in [4.69, 9.17) is 4.42 Å². The first kappa shape index (κ1) is 20.4. The molecule has 2 amide bonds. The predicted octanol–water partition coefficient (Wildman–Crippen LogP) is 4.28. The zero-order valence-corrected chi connectivity index (χ0v) is 18.1. The molecule has 2 aliphatic carbocycles. The van der Waals surface area contributed by atoms with Crippen molar-refractivity contribution in [3.05, 3.63) is 64.7 Å². The van der Waals surface area contributed by atoms with E-state index < -0.39 is 0 Å². The number of amides is 2. The van der Waals surface area contributed by atoms with Gasteiger partial charge in [-0.05, 0) is 44.7 Å². The number of pyridine rings is 1. The first-order valence-electron chi connectivity index (χ1n) is 11.3. The summed E-state index contributed by atoms with van der Waals surface area (Å²) in [5, 5.41) is 8.48. The van der Waals surface area contributed by atoms with Crippen molar-refractivity contribution in [3.63, 3.8) is 0 Å². The van der Waals surface area contributed by atoms with E-state index in [1.165, 1.54) is 0 Å². The molecule has 0 radical (unpaired) electrons. The summed E-state index contributed by atoms with van der Waals surface area (Å²) in [6.45, 7) is 1.89. The van der Waals surface area contributed by atoms with Gasteiger partial charge in [0, 0.05) is 29.0 Å². The Bertz CT molecular complexity index is 1220. The molecule has 0 saturated heterocycles. The first-order valence-corrected chi connectivity index (χ1v) is 11.3. The highest BCUT2D eigenvalue weighted by atomic mass is 16.4. The molecule has 5 rings (SSSR count). The normalized spacial score (nSPS) is 17.5. The third-order valence-corrected chi connectivity index (χ3v) is 6.35. The van der Waals surface area contributed by atoms with Crippen LogP contribution in [0.25, 0.3) is 10.9 Å². The van der Waals surface area contributed by atoms with Gasteiger partial charge in [-0.15, -0.1) is 0 Å². The highest BCUT2D eigenvalue weighted by Gasteiger charge is 2.29. The minimum absolute atomic E-state index is 0.160. The predicted molar refractivity (Wildman–Crippen MR) is 122 cm³/mol. The molecular formula is C25H26N4O3. The molecule has 2 aliphatic rings. The van der Waals surface area contributed by atoms with Gasteiger partial charge in [-0.25, -0.2) is 10.4 Å². The van der Waals surface area contributed by atoms with Crippen molar-refractivity contribution in [3.8, 4) is 0 Å². The molecule has 2 N–H and O–H groups in total. The number of hydrogen-bond acceptors (Lipinski definition) is 5. The van der Waals surface area contributed by atoms with Crippen LogP contribution in [-0.4, -0.2) is 28.6 Å². The number of nitrogens with one attached hydrogen (secondary N) is 2. The van der Waals surface area contributed by atoms with Crippen LogP contribution in [0.4, 0.5) is 0 Å². The fourth-order valence-corrected chi connectivity index (χ4v) is 4.69. The third kappa shape index (κ3) is 3.90. The number of hydrogen-bond donors (Lipinski definition) is 2. The lowest BCUT2D eigenvalue weighted by molar-refractivity contribution is 0.0906. The monoisotopic (exact) mass is 430 g/mol. The van der Waals surface area contributed by atoms with Gasteiger partial charge in [-0.1, -0.05) is 37.1 Å². The van der Waals surface area contributed by atoms with Crippen LogP contribution < -0.4 is 10.7 Å². The summed E-state index contributed by atoms with van der Waals surface area (Å²) in [4.78, 5) is 29.9. The van der Waals surface area contributed by atoms with Gasteiger partial charge < -0.3 is 9.73 Å².